The van der Waals surface area contributed by atoms with Gasteiger partial charge in [-0.05, 0) is 0 Å². The lowest BCUT2D eigenvalue weighted by atomic mass is 10.7. The van der Waals surface area contributed by atoms with Crippen LogP contribution in [0, 0.1) is 0 Å². The average Bonchev–Trinajstić information content (AvgIpc) is 2.14. The smallest absolute Gasteiger partial charge is 0.0623 e. The van der Waals surface area contributed by atoms with Gasteiger partial charge in [-0.3, -0.25) is 0 Å². The highest BCUT2D eigenvalue weighted by atomic mass is 127. The second-order valence-corrected chi connectivity index (χ2v) is 3.66. The first-order valence-corrected chi connectivity index (χ1v) is 4.92. The van der Waals surface area contributed by atoms with Gasteiger partial charge < -0.3 is 5.32 Å². The van der Waals surface area contributed by atoms with Crippen LogP contribution in [0.2, 0.25) is 0 Å². The van der Waals surface area contributed by atoms with Crippen LogP contribution in [-0.4, -0.2) is 22.1 Å². The summed E-state index contributed by atoms with van der Waals surface area (Å²) >= 11 is 4.43. The van der Waals surface area contributed by atoms with E-state index >= 15 is 0 Å². The van der Waals surface area contributed by atoms with Crippen molar-refractivity contribution in [3.63, 3.8) is 0 Å². The average molecular weight is 229 g/mol. The van der Waals surface area contributed by atoms with Crippen LogP contribution in [0.4, 0.5) is 0 Å². The molecular weight excluding hydrogens is 221 g/mol. The monoisotopic (exact) mass is 229 g/mol. The molecule has 0 aromatic carbocycles. The number of thioether (sulfide) groups is 1. The van der Waals surface area contributed by atoms with Crippen LogP contribution >= 0.6 is 34.4 Å². The molecule has 0 aromatic rings. The Morgan fingerprint density at radius 3 is 3.00 bits per heavy atom. The molecule has 1 unspecified atom stereocenters. The van der Waals surface area contributed by atoms with Crippen LogP contribution in [0.15, 0.2) is 0 Å². The molecule has 0 bridgehead atoms. The zero-order valence-corrected chi connectivity index (χ0v) is 6.96. The van der Waals surface area contributed by atoms with Gasteiger partial charge in [-0.1, -0.05) is 22.6 Å². The van der Waals surface area contributed by atoms with E-state index in [2.05, 4.69) is 27.9 Å². The van der Waals surface area contributed by atoms with E-state index in [-0.39, 0.29) is 0 Å². The number of rotatable bonds is 1. The van der Waals surface area contributed by atoms with Crippen molar-refractivity contribution >= 4 is 34.4 Å². The summed E-state index contributed by atoms with van der Waals surface area (Å²) in [6.45, 7) is 1.21. The SMILES string of the molecule is ICC1NCCS1. The Kier molecular flexibility index (Phi) is 2.77. The number of alkyl halides is 1. The highest BCUT2D eigenvalue weighted by Crippen LogP contribution is 2.14. The van der Waals surface area contributed by atoms with Crippen LogP contribution < -0.4 is 5.32 Å². The van der Waals surface area contributed by atoms with Gasteiger partial charge in [0.1, 0.15) is 0 Å². The predicted octanol–water partition coefficient (Wildman–Crippen LogP) is 1.08. The summed E-state index contributed by atoms with van der Waals surface area (Å²) in [4.78, 5) is 0. The van der Waals surface area contributed by atoms with Gasteiger partial charge >= 0.3 is 0 Å². The molecule has 1 aliphatic rings. The number of nitrogens with one attached hydrogen (secondary N) is 1. The van der Waals surface area contributed by atoms with E-state index in [1.165, 1.54) is 16.7 Å². The highest BCUT2D eigenvalue weighted by molar-refractivity contribution is 14.1. The van der Waals surface area contributed by atoms with E-state index in [9.17, 15) is 0 Å². The third kappa shape index (κ3) is 1.77. The summed E-state index contributed by atoms with van der Waals surface area (Å²) in [5.41, 5.74) is 0. The first-order valence-electron chi connectivity index (χ1n) is 2.34. The molecule has 0 aromatic heterocycles. The normalized spacial score (nSPS) is 31.3. The summed E-state index contributed by atoms with van der Waals surface area (Å²) in [6.07, 6.45) is 0. The largest absolute Gasteiger partial charge is 0.304 e. The molecule has 1 rings (SSSR count). The number of halogens is 1. The van der Waals surface area contributed by atoms with Crippen LogP contribution in [0.5, 0.6) is 0 Å². The Bertz CT molecular complexity index is 53.7. The molecule has 1 saturated heterocycles. The molecule has 1 heterocycles. The van der Waals surface area contributed by atoms with Gasteiger partial charge in [0.05, 0.1) is 5.37 Å². The van der Waals surface area contributed by atoms with E-state index in [4.69, 9.17) is 0 Å². The quantitative estimate of drug-likeness (QED) is 0.533. The zero-order valence-electron chi connectivity index (χ0n) is 3.98. The summed E-state index contributed by atoms with van der Waals surface area (Å²) in [5, 5.41) is 4.11. The van der Waals surface area contributed by atoms with E-state index in [1.807, 2.05) is 11.8 Å². The lowest BCUT2D eigenvalue weighted by Gasteiger charge is -2.00. The lowest BCUT2D eigenvalue weighted by molar-refractivity contribution is 0.774. The van der Waals surface area contributed by atoms with E-state index in [0.29, 0.717) is 0 Å². The Balaban J connectivity index is 2.14. The molecule has 0 aliphatic carbocycles. The Labute approximate surface area is 61.8 Å². The van der Waals surface area contributed by atoms with Crippen molar-refractivity contribution in [2.75, 3.05) is 16.7 Å². The summed E-state index contributed by atoms with van der Waals surface area (Å²) in [5.74, 6) is 1.30. The van der Waals surface area contributed by atoms with Crippen molar-refractivity contribution < 1.29 is 0 Å². The van der Waals surface area contributed by atoms with Gasteiger partial charge in [0.2, 0.25) is 0 Å². The Morgan fingerprint density at radius 2 is 2.71 bits per heavy atom. The van der Waals surface area contributed by atoms with E-state index in [1.54, 1.807) is 0 Å². The van der Waals surface area contributed by atoms with Crippen molar-refractivity contribution in [2.45, 2.75) is 5.37 Å². The predicted molar refractivity (Wildman–Crippen MR) is 43.1 cm³/mol. The molecular formula is C4H8INS. The van der Waals surface area contributed by atoms with Gasteiger partial charge in [0.25, 0.3) is 0 Å². The Morgan fingerprint density at radius 1 is 1.86 bits per heavy atom. The van der Waals surface area contributed by atoms with Gasteiger partial charge in [-0.15, -0.1) is 11.8 Å². The maximum Gasteiger partial charge on any atom is 0.0623 e. The second-order valence-electron chi connectivity index (χ2n) is 1.47. The van der Waals surface area contributed by atoms with Gasteiger partial charge in [-0.25, -0.2) is 0 Å². The third-order valence-corrected chi connectivity index (χ3v) is 3.59. The maximum atomic E-state index is 3.36. The molecule has 1 nitrogen and oxygen atoms in total. The van der Waals surface area contributed by atoms with Crippen LogP contribution in [0.1, 0.15) is 0 Å². The molecule has 1 aliphatic heterocycles. The fourth-order valence-corrected chi connectivity index (χ4v) is 2.50. The number of hydrogen-bond donors (Lipinski definition) is 1. The van der Waals surface area contributed by atoms with E-state index in [0.717, 1.165) is 5.37 Å². The van der Waals surface area contributed by atoms with Crippen LogP contribution in [-0.2, 0) is 0 Å². The molecule has 1 N–H and O–H groups in total. The number of hydrogen-bond acceptors (Lipinski definition) is 2. The molecule has 1 atom stereocenters. The molecule has 7 heavy (non-hydrogen) atoms. The minimum Gasteiger partial charge on any atom is -0.304 e. The fraction of sp³-hybridized carbons (Fsp3) is 1.00. The first kappa shape index (κ1) is 6.16. The minimum atomic E-state index is 0.751. The summed E-state index contributed by atoms with van der Waals surface area (Å²) in [7, 11) is 0. The van der Waals surface area contributed by atoms with Crippen molar-refractivity contribution in [3.05, 3.63) is 0 Å². The summed E-state index contributed by atoms with van der Waals surface area (Å²) < 4.78 is 1.24. The van der Waals surface area contributed by atoms with Crippen molar-refractivity contribution in [1.82, 2.24) is 5.32 Å². The van der Waals surface area contributed by atoms with Crippen molar-refractivity contribution in [1.29, 1.82) is 0 Å². The molecule has 42 valence electrons. The fourth-order valence-electron chi connectivity index (χ4n) is 0.579. The Hall–Kier alpha value is 1.04. The van der Waals surface area contributed by atoms with E-state index < -0.39 is 0 Å². The summed E-state index contributed by atoms with van der Waals surface area (Å²) in [6, 6.07) is 0. The third-order valence-electron chi connectivity index (χ3n) is 0.933. The molecule has 3 heteroatoms. The highest BCUT2D eigenvalue weighted by Gasteiger charge is 2.10. The minimum absolute atomic E-state index is 0.751. The first-order chi connectivity index (χ1) is 3.43. The molecule has 0 spiro atoms. The maximum absolute atomic E-state index is 3.36. The van der Waals surface area contributed by atoms with Crippen molar-refractivity contribution in [3.8, 4) is 0 Å². The molecule has 1 fully saturated rings. The lowest BCUT2D eigenvalue weighted by Crippen LogP contribution is -2.20. The molecule has 0 radical (unpaired) electrons. The van der Waals surface area contributed by atoms with Gasteiger partial charge in [0.15, 0.2) is 0 Å². The van der Waals surface area contributed by atoms with Crippen LogP contribution in [0.3, 0.4) is 0 Å². The zero-order chi connectivity index (χ0) is 5.11. The second kappa shape index (κ2) is 3.14. The standard InChI is InChI=1S/C4H8INS/c5-3-4-6-1-2-7-4/h4,6H,1-3H2. The van der Waals surface area contributed by atoms with Gasteiger partial charge in [-0.2, -0.15) is 0 Å². The van der Waals surface area contributed by atoms with Crippen LogP contribution in [0.25, 0.3) is 0 Å². The molecule has 0 saturated carbocycles. The van der Waals surface area contributed by atoms with Crippen molar-refractivity contribution in [2.24, 2.45) is 0 Å². The molecule has 0 amide bonds. The van der Waals surface area contributed by atoms with Gasteiger partial charge in [0, 0.05) is 16.7 Å². The topological polar surface area (TPSA) is 12.0 Å².